The molecule has 1 heteroatoms. The number of unbranched alkanes of at least 4 members (excludes halogenated alkanes) is 6. The smallest absolute Gasteiger partial charge is 0.0575 e. The zero-order valence-corrected chi connectivity index (χ0v) is 17.4. The summed E-state index contributed by atoms with van der Waals surface area (Å²) in [6.07, 6.45) is 24.8. The predicted octanol–water partition coefficient (Wildman–Crippen LogP) is 7.92. The summed E-state index contributed by atoms with van der Waals surface area (Å²) in [4.78, 5) is 0. The van der Waals surface area contributed by atoms with Crippen LogP contribution in [0.4, 0.5) is 0 Å². The SMILES string of the molecule is CCCCCCCCCOC1CCC(C2CCC(CCC)CC2)CC1. The Morgan fingerprint density at radius 2 is 1.16 bits per heavy atom. The van der Waals surface area contributed by atoms with E-state index in [-0.39, 0.29) is 0 Å². The van der Waals surface area contributed by atoms with E-state index >= 15 is 0 Å². The van der Waals surface area contributed by atoms with Crippen LogP contribution in [0.15, 0.2) is 0 Å². The van der Waals surface area contributed by atoms with Crippen molar-refractivity contribution in [1.82, 2.24) is 0 Å². The van der Waals surface area contributed by atoms with Crippen molar-refractivity contribution in [3.63, 3.8) is 0 Å². The molecule has 0 spiro atoms. The zero-order chi connectivity index (χ0) is 17.7. The molecule has 2 aliphatic rings. The first kappa shape index (κ1) is 21.3. The molecule has 0 N–H and O–H groups in total. The second-order valence-corrected chi connectivity index (χ2v) is 9.10. The third-order valence-electron chi connectivity index (χ3n) is 7.08. The Labute approximate surface area is 158 Å². The lowest BCUT2D eigenvalue weighted by Crippen LogP contribution is -2.28. The highest BCUT2D eigenvalue weighted by molar-refractivity contribution is 4.82. The monoisotopic (exact) mass is 350 g/mol. The summed E-state index contributed by atoms with van der Waals surface area (Å²) in [5, 5.41) is 0. The van der Waals surface area contributed by atoms with Gasteiger partial charge in [0, 0.05) is 6.61 Å². The Kier molecular flexibility index (Phi) is 11.2. The van der Waals surface area contributed by atoms with Crippen LogP contribution in [-0.4, -0.2) is 12.7 Å². The van der Waals surface area contributed by atoms with Gasteiger partial charge in [-0.05, 0) is 62.7 Å². The van der Waals surface area contributed by atoms with Crippen LogP contribution in [0.3, 0.4) is 0 Å². The predicted molar refractivity (Wildman–Crippen MR) is 110 cm³/mol. The van der Waals surface area contributed by atoms with E-state index in [4.69, 9.17) is 4.74 Å². The van der Waals surface area contributed by atoms with E-state index in [0.29, 0.717) is 6.10 Å². The lowest BCUT2D eigenvalue weighted by molar-refractivity contribution is 0.00529. The van der Waals surface area contributed by atoms with Crippen molar-refractivity contribution >= 4 is 0 Å². The van der Waals surface area contributed by atoms with Gasteiger partial charge in [0.25, 0.3) is 0 Å². The molecule has 0 amide bonds. The summed E-state index contributed by atoms with van der Waals surface area (Å²) in [7, 11) is 0. The maximum atomic E-state index is 6.20. The van der Waals surface area contributed by atoms with Gasteiger partial charge in [0.1, 0.15) is 0 Å². The highest BCUT2D eigenvalue weighted by Crippen LogP contribution is 2.41. The average Bonchev–Trinajstić information content (AvgIpc) is 2.65. The second kappa shape index (κ2) is 13.2. The first-order valence-corrected chi connectivity index (χ1v) is 11.9. The van der Waals surface area contributed by atoms with E-state index in [1.54, 1.807) is 0 Å². The molecule has 0 aliphatic heterocycles. The molecule has 0 saturated heterocycles. The van der Waals surface area contributed by atoms with Crippen LogP contribution < -0.4 is 0 Å². The van der Waals surface area contributed by atoms with Crippen molar-refractivity contribution in [3.05, 3.63) is 0 Å². The summed E-state index contributed by atoms with van der Waals surface area (Å²) in [5.41, 5.74) is 0. The molecule has 25 heavy (non-hydrogen) atoms. The van der Waals surface area contributed by atoms with Crippen molar-refractivity contribution in [2.45, 2.75) is 129 Å². The van der Waals surface area contributed by atoms with Gasteiger partial charge >= 0.3 is 0 Å². The van der Waals surface area contributed by atoms with E-state index in [1.807, 2.05) is 0 Å². The van der Waals surface area contributed by atoms with Gasteiger partial charge in [-0.15, -0.1) is 0 Å². The van der Waals surface area contributed by atoms with Gasteiger partial charge in [0.05, 0.1) is 6.10 Å². The Morgan fingerprint density at radius 3 is 1.76 bits per heavy atom. The van der Waals surface area contributed by atoms with Crippen molar-refractivity contribution in [3.8, 4) is 0 Å². The molecular formula is C24H46O. The van der Waals surface area contributed by atoms with Crippen LogP contribution in [0.1, 0.15) is 123 Å². The normalized spacial score (nSPS) is 30.5. The summed E-state index contributed by atoms with van der Waals surface area (Å²) >= 11 is 0. The summed E-state index contributed by atoms with van der Waals surface area (Å²) < 4.78 is 6.20. The van der Waals surface area contributed by atoms with Crippen LogP contribution in [0, 0.1) is 17.8 Å². The molecule has 0 bridgehead atoms. The van der Waals surface area contributed by atoms with Gasteiger partial charge in [-0.3, -0.25) is 0 Å². The molecule has 0 atom stereocenters. The van der Waals surface area contributed by atoms with Crippen molar-refractivity contribution in [2.24, 2.45) is 17.8 Å². The quantitative estimate of drug-likeness (QED) is 0.325. The number of hydrogen-bond donors (Lipinski definition) is 0. The number of hydrogen-bond acceptors (Lipinski definition) is 1. The molecular weight excluding hydrogens is 304 g/mol. The number of rotatable bonds is 12. The van der Waals surface area contributed by atoms with Gasteiger partial charge in [0.2, 0.25) is 0 Å². The maximum Gasteiger partial charge on any atom is 0.0575 e. The summed E-state index contributed by atoms with van der Waals surface area (Å²) in [6.45, 7) is 5.66. The highest BCUT2D eigenvalue weighted by atomic mass is 16.5. The zero-order valence-electron chi connectivity index (χ0n) is 17.4. The Bertz CT molecular complexity index is 297. The van der Waals surface area contributed by atoms with Crippen LogP contribution in [0.25, 0.3) is 0 Å². The molecule has 2 aliphatic carbocycles. The van der Waals surface area contributed by atoms with Gasteiger partial charge in [-0.2, -0.15) is 0 Å². The molecule has 1 nitrogen and oxygen atoms in total. The molecule has 0 radical (unpaired) electrons. The van der Waals surface area contributed by atoms with E-state index in [1.165, 1.54) is 109 Å². The minimum Gasteiger partial charge on any atom is -0.378 e. The first-order valence-electron chi connectivity index (χ1n) is 11.9. The van der Waals surface area contributed by atoms with Crippen LogP contribution in [0.2, 0.25) is 0 Å². The first-order chi connectivity index (χ1) is 12.3. The summed E-state index contributed by atoms with van der Waals surface area (Å²) in [6, 6.07) is 0. The Morgan fingerprint density at radius 1 is 0.600 bits per heavy atom. The van der Waals surface area contributed by atoms with Gasteiger partial charge in [-0.1, -0.05) is 78.1 Å². The maximum absolute atomic E-state index is 6.20. The highest BCUT2D eigenvalue weighted by Gasteiger charge is 2.30. The van der Waals surface area contributed by atoms with Crippen molar-refractivity contribution < 1.29 is 4.74 Å². The van der Waals surface area contributed by atoms with E-state index < -0.39 is 0 Å². The van der Waals surface area contributed by atoms with Gasteiger partial charge in [-0.25, -0.2) is 0 Å². The molecule has 0 unspecified atom stereocenters. The summed E-state index contributed by atoms with van der Waals surface area (Å²) in [5.74, 6) is 3.14. The number of ether oxygens (including phenoxy) is 1. The topological polar surface area (TPSA) is 9.23 Å². The second-order valence-electron chi connectivity index (χ2n) is 9.10. The minimum absolute atomic E-state index is 0.591. The molecule has 2 saturated carbocycles. The molecule has 0 aromatic rings. The van der Waals surface area contributed by atoms with Gasteiger partial charge < -0.3 is 4.74 Å². The molecule has 0 aromatic carbocycles. The van der Waals surface area contributed by atoms with Crippen LogP contribution >= 0.6 is 0 Å². The fourth-order valence-electron chi connectivity index (χ4n) is 5.39. The van der Waals surface area contributed by atoms with E-state index in [2.05, 4.69) is 13.8 Å². The fraction of sp³-hybridized carbons (Fsp3) is 1.00. The molecule has 0 aromatic heterocycles. The van der Waals surface area contributed by atoms with Crippen molar-refractivity contribution in [2.75, 3.05) is 6.61 Å². The molecule has 2 fully saturated rings. The molecule has 148 valence electrons. The molecule has 2 rings (SSSR count). The lowest BCUT2D eigenvalue weighted by Gasteiger charge is -2.37. The molecule has 0 heterocycles. The lowest BCUT2D eigenvalue weighted by atomic mass is 9.70. The van der Waals surface area contributed by atoms with E-state index in [9.17, 15) is 0 Å². The third kappa shape index (κ3) is 8.46. The van der Waals surface area contributed by atoms with Gasteiger partial charge in [0.15, 0.2) is 0 Å². The van der Waals surface area contributed by atoms with Crippen LogP contribution in [0.5, 0.6) is 0 Å². The Balaban J connectivity index is 1.46. The third-order valence-corrected chi connectivity index (χ3v) is 7.08. The van der Waals surface area contributed by atoms with E-state index in [0.717, 1.165) is 24.4 Å². The standard InChI is InChI=1S/C24H46O/c1-3-5-6-7-8-9-10-20-25-24-18-16-23(17-19-24)22-14-12-21(11-4-2)13-15-22/h21-24H,3-20H2,1-2H3. The largest absolute Gasteiger partial charge is 0.378 e. The Hall–Kier alpha value is -0.0400. The fourth-order valence-corrected chi connectivity index (χ4v) is 5.39. The average molecular weight is 351 g/mol. The minimum atomic E-state index is 0.591. The van der Waals surface area contributed by atoms with Crippen LogP contribution in [-0.2, 0) is 4.74 Å². The van der Waals surface area contributed by atoms with Crippen molar-refractivity contribution in [1.29, 1.82) is 0 Å².